The molecular weight excluding hydrogens is 169 g/mol. The van der Waals surface area contributed by atoms with E-state index in [-0.39, 0.29) is 0 Å². The quantitative estimate of drug-likeness (QED) is 0.600. The molecule has 0 spiro atoms. The van der Waals surface area contributed by atoms with Crippen molar-refractivity contribution in [3.8, 4) is 0 Å². The van der Waals surface area contributed by atoms with Crippen LogP contribution in [0.4, 0.5) is 0 Å². The summed E-state index contributed by atoms with van der Waals surface area (Å²) < 4.78 is 2.20. The van der Waals surface area contributed by atoms with Gasteiger partial charge in [0.05, 0.1) is 0 Å². The van der Waals surface area contributed by atoms with Crippen LogP contribution >= 0.6 is 0 Å². The number of rotatable bonds is 6. The molecule has 1 heterocycles. The average molecular weight is 185 g/mol. The van der Waals surface area contributed by atoms with Gasteiger partial charge in [-0.3, -0.25) is 0 Å². The summed E-state index contributed by atoms with van der Waals surface area (Å²) in [6.45, 7) is 12.1. The van der Waals surface area contributed by atoms with Gasteiger partial charge < -0.3 is 0 Å². The van der Waals surface area contributed by atoms with E-state index in [9.17, 15) is 0 Å². The average Bonchev–Trinajstić information content (AvgIpc) is 2.52. The Hall–Kier alpha value is -1.31. The molecule has 2 heteroatoms. The summed E-state index contributed by atoms with van der Waals surface area (Å²) in [6, 6.07) is 0. The fourth-order valence-electron chi connectivity index (χ4n) is 1.59. The van der Waals surface area contributed by atoms with Gasteiger partial charge in [0.1, 0.15) is 0 Å². The molecule has 1 nitrogen and oxygen atoms in total. The minimum atomic E-state index is 0.861. The van der Waals surface area contributed by atoms with Crippen LogP contribution in [0.2, 0.25) is 0 Å². The Bertz CT molecular complexity index is 309. The molecule has 0 N–H and O–H groups in total. The Morgan fingerprint density at radius 2 is 1.86 bits per heavy atom. The van der Waals surface area contributed by atoms with E-state index >= 15 is 0 Å². The van der Waals surface area contributed by atoms with Gasteiger partial charge in [0.2, 0.25) is 0 Å². The van der Waals surface area contributed by atoms with Crippen molar-refractivity contribution in [1.82, 2.24) is 4.47 Å². The Balaban J connectivity index is 2.98. The van der Waals surface area contributed by atoms with Crippen LogP contribution in [-0.2, 0) is 19.4 Å². The Morgan fingerprint density at radius 1 is 1.14 bits per heavy atom. The van der Waals surface area contributed by atoms with Gasteiger partial charge in [-0.1, -0.05) is 0 Å². The van der Waals surface area contributed by atoms with Crippen LogP contribution in [0.5, 0.6) is 0 Å². The van der Waals surface area contributed by atoms with Crippen molar-refractivity contribution in [3.63, 3.8) is 0 Å². The summed E-state index contributed by atoms with van der Waals surface area (Å²) in [5.41, 5.74) is 2.65. The summed E-state index contributed by atoms with van der Waals surface area (Å²) in [5.74, 6) is 2.14. The van der Waals surface area contributed by atoms with E-state index in [4.69, 9.17) is 0 Å². The van der Waals surface area contributed by atoms with Crippen LogP contribution < -0.4 is 0 Å². The topological polar surface area (TPSA) is 4.93 Å². The second kappa shape index (κ2) is 5.43. The second-order valence-electron chi connectivity index (χ2n) is 3.21. The third-order valence-electron chi connectivity index (χ3n) is 2.20. The summed E-state index contributed by atoms with van der Waals surface area (Å²) >= 11 is 0. The zero-order valence-electron chi connectivity index (χ0n) is 8.58. The molecule has 72 valence electrons. The van der Waals surface area contributed by atoms with Crippen molar-refractivity contribution in [2.75, 3.05) is 0 Å². The van der Waals surface area contributed by atoms with E-state index < -0.39 is 0 Å². The van der Waals surface area contributed by atoms with Gasteiger partial charge in [-0.2, -0.15) is 0 Å². The molecule has 14 heavy (non-hydrogen) atoms. The molecule has 0 aliphatic heterocycles. The van der Waals surface area contributed by atoms with Crippen molar-refractivity contribution in [2.24, 2.45) is 0 Å². The van der Waals surface area contributed by atoms with Crippen molar-refractivity contribution in [1.29, 1.82) is 0 Å². The van der Waals surface area contributed by atoms with Crippen LogP contribution in [0.3, 0.4) is 0 Å². The van der Waals surface area contributed by atoms with E-state index in [0.29, 0.717) is 0 Å². The molecule has 0 atom stereocenters. The molecule has 0 unspecified atom stereocenters. The molecule has 0 aromatic carbocycles. The fourth-order valence-corrected chi connectivity index (χ4v) is 1.59. The standard InChI is InChI=1S/C12H16BN/c1-4-7-11-10-13-14(9-6-3)12(11)8-5-2/h4-6,10H,1-3,7-9H2. The molecular formula is C12H16BN. The molecule has 0 bridgehead atoms. The maximum atomic E-state index is 3.77. The van der Waals surface area contributed by atoms with Crippen molar-refractivity contribution in [3.05, 3.63) is 55.2 Å². The predicted molar refractivity (Wildman–Crippen MR) is 63.8 cm³/mol. The normalized spacial score (nSPS) is 9.43. The van der Waals surface area contributed by atoms with Gasteiger partial charge >= 0.3 is 86.1 Å². The van der Waals surface area contributed by atoms with Gasteiger partial charge in [-0.05, 0) is 0 Å². The van der Waals surface area contributed by atoms with E-state index in [1.165, 1.54) is 11.3 Å². The van der Waals surface area contributed by atoms with Gasteiger partial charge in [-0.15, -0.1) is 0 Å². The zero-order chi connectivity index (χ0) is 10.4. The molecule has 0 saturated carbocycles. The minimum absolute atomic E-state index is 0.861. The summed E-state index contributed by atoms with van der Waals surface area (Å²) in [4.78, 5) is 0. The molecule has 0 aliphatic carbocycles. The summed E-state index contributed by atoms with van der Waals surface area (Å²) in [7, 11) is 2.10. The summed E-state index contributed by atoms with van der Waals surface area (Å²) in [6.07, 6.45) is 7.60. The van der Waals surface area contributed by atoms with E-state index in [2.05, 4.69) is 37.2 Å². The summed E-state index contributed by atoms with van der Waals surface area (Å²) in [5, 5.41) is 0. The van der Waals surface area contributed by atoms with Crippen molar-refractivity contribution >= 4 is 7.05 Å². The maximum absolute atomic E-state index is 3.77. The Labute approximate surface area is 86.7 Å². The molecule has 1 aromatic heterocycles. The second-order valence-corrected chi connectivity index (χ2v) is 3.21. The van der Waals surface area contributed by atoms with E-state index in [1.54, 1.807) is 0 Å². The Kier molecular flexibility index (Phi) is 4.18. The van der Waals surface area contributed by atoms with Crippen LogP contribution in [-0.4, -0.2) is 11.5 Å². The first-order valence-corrected chi connectivity index (χ1v) is 4.83. The first kappa shape index (κ1) is 10.8. The first-order valence-electron chi connectivity index (χ1n) is 4.83. The number of aromatic nitrogens is 1. The molecule has 1 aromatic rings. The van der Waals surface area contributed by atoms with Gasteiger partial charge in [0.15, 0.2) is 0 Å². The van der Waals surface area contributed by atoms with Gasteiger partial charge in [0, 0.05) is 0 Å². The van der Waals surface area contributed by atoms with E-state index in [0.717, 1.165) is 19.4 Å². The number of hydrogen-bond acceptors (Lipinski definition) is 0. The number of hydrogen-bond donors (Lipinski definition) is 0. The molecule has 0 fully saturated rings. The molecule has 0 amide bonds. The van der Waals surface area contributed by atoms with Crippen LogP contribution in [0.25, 0.3) is 0 Å². The molecule has 1 rings (SSSR count). The number of allylic oxidation sites excluding steroid dienone is 3. The third kappa shape index (κ3) is 2.35. The van der Waals surface area contributed by atoms with Gasteiger partial charge in [0.25, 0.3) is 0 Å². The molecule has 0 aliphatic rings. The fraction of sp³-hybridized carbons (Fsp3) is 0.250. The molecule has 0 saturated heterocycles. The van der Waals surface area contributed by atoms with Crippen molar-refractivity contribution in [2.45, 2.75) is 19.4 Å². The van der Waals surface area contributed by atoms with Crippen LogP contribution in [0.15, 0.2) is 43.9 Å². The SMILES string of the molecule is C=CCc1cbn(CC=C)c1CC=C. The van der Waals surface area contributed by atoms with Crippen molar-refractivity contribution < 1.29 is 0 Å². The Morgan fingerprint density at radius 3 is 2.43 bits per heavy atom. The predicted octanol–water partition coefficient (Wildman–Crippen LogP) is 2.47. The number of nitrogens with zero attached hydrogens (tertiary/aromatic N) is 1. The molecule has 0 radical (unpaired) electrons. The van der Waals surface area contributed by atoms with Crippen LogP contribution in [0, 0.1) is 0 Å². The monoisotopic (exact) mass is 185 g/mol. The third-order valence-corrected chi connectivity index (χ3v) is 2.20. The van der Waals surface area contributed by atoms with Gasteiger partial charge in [-0.25, -0.2) is 0 Å². The van der Waals surface area contributed by atoms with E-state index in [1.807, 2.05) is 18.2 Å². The zero-order valence-corrected chi connectivity index (χ0v) is 8.58. The first-order chi connectivity index (χ1) is 6.83. The van der Waals surface area contributed by atoms with Crippen LogP contribution in [0.1, 0.15) is 11.3 Å².